The fourth-order valence-electron chi connectivity index (χ4n) is 4.39. The van der Waals surface area contributed by atoms with Crippen molar-refractivity contribution in [2.75, 3.05) is 11.9 Å². The highest BCUT2D eigenvalue weighted by atomic mass is 16.5. The van der Waals surface area contributed by atoms with Crippen molar-refractivity contribution in [3.63, 3.8) is 0 Å². The molecule has 1 unspecified atom stereocenters. The van der Waals surface area contributed by atoms with E-state index < -0.39 is 0 Å². The first kappa shape index (κ1) is 24.5. The standard InChI is InChI=1S/C29H32N2O4/c1-4-24(31(20(2)3)17-21-11-7-5-8-12-21)28(33)23-15-16-25(27-29(23)35-19-26(32)30-27)34-18-22-13-9-6-10-14-22/h5-16,20,24H,4,17-19H2,1-3H3,(H,30,32). The van der Waals surface area contributed by atoms with E-state index in [0.717, 1.165) is 11.1 Å². The lowest BCUT2D eigenvalue weighted by atomic mass is 9.96. The van der Waals surface area contributed by atoms with Gasteiger partial charge in [0.2, 0.25) is 0 Å². The molecule has 1 amide bonds. The third kappa shape index (κ3) is 5.72. The van der Waals surface area contributed by atoms with E-state index in [1.807, 2.05) is 55.5 Å². The summed E-state index contributed by atoms with van der Waals surface area (Å²) in [6, 6.07) is 23.3. The van der Waals surface area contributed by atoms with Gasteiger partial charge in [-0.3, -0.25) is 14.5 Å². The zero-order valence-corrected chi connectivity index (χ0v) is 20.5. The molecule has 1 aliphatic heterocycles. The number of carbonyl (C=O) groups excluding carboxylic acids is 2. The number of benzene rings is 3. The summed E-state index contributed by atoms with van der Waals surface area (Å²) in [4.78, 5) is 28.2. The molecule has 1 heterocycles. The molecule has 1 aliphatic rings. The van der Waals surface area contributed by atoms with Gasteiger partial charge in [-0.25, -0.2) is 0 Å². The summed E-state index contributed by atoms with van der Waals surface area (Å²) in [6.45, 7) is 7.10. The Balaban J connectivity index is 1.63. The van der Waals surface area contributed by atoms with Crippen molar-refractivity contribution >= 4 is 17.4 Å². The number of anilines is 1. The summed E-state index contributed by atoms with van der Waals surface area (Å²) in [5, 5.41) is 2.85. The monoisotopic (exact) mass is 472 g/mol. The fourth-order valence-corrected chi connectivity index (χ4v) is 4.39. The molecule has 6 nitrogen and oxygen atoms in total. The molecule has 0 bridgehead atoms. The SMILES string of the molecule is CCC(C(=O)c1ccc(OCc2ccccc2)c2c1OCC(=O)N2)N(Cc1ccccc1)C(C)C. The van der Waals surface area contributed by atoms with E-state index >= 15 is 0 Å². The lowest BCUT2D eigenvalue weighted by Gasteiger charge is -2.34. The fraction of sp³-hybridized carbons (Fsp3) is 0.310. The van der Waals surface area contributed by atoms with Gasteiger partial charge in [-0.15, -0.1) is 0 Å². The molecular formula is C29H32N2O4. The van der Waals surface area contributed by atoms with Crippen LogP contribution in [0.1, 0.15) is 48.7 Å². The van der Waals surface area contributed by atoms with Crippen LogP contribution < -0.4 is 14.8 Å². The second-order valence-electron chi connectivity index (χ2n) is 8.97. The molecule has 182 valence electrons. The molecule has 0 saturated carbocycles. The van der Waals surface area contributed by atoms with Crippen LogP contribution in [0, 0.1) is 0 Å². The Morgan fingerprint density at radius 1 is 1.00 bits per heavy atom. The number of carbonyl (C=O) groups is 2. The summed E-state index contributed by atoms with van der Waals surface area (Å²) in [5.74, 6) is 0.555. The largest absolute Gasteiger partial charge is 0.487 e. The van der Waals surface area contributed by atoms with Gasteiger partial charge >= 0.3 is 0 Å². The number of rotatable bonds is 10. The van der Waals surface area contributed by atoms with Crippen LogP contribution in [-0.4, -0.2) is 35.3 Å². The number of ether oxygens (including phenoxy) is 2. The van der Waals surface area contributed by atoms with E-state index in [1.165, 1.54) is 0 Å². The lowest BCUT2D eigenvalue weighted by Crippen LogP contribution is -2.44. The minimum atomic E-state index is -0.336. The van der Waals surface area contributed by atoms with Crippen molar-refractivity contribution < 1.29 is 19.1 Å². The van der Waals surface area contributed by atoms with Crippen molar-refractivity contribution in [2.45, 2.75) is 52.4 Å². The molecule has 6 heteroatoms. The lowest BCUT2D eigenvalue weighted by molar-refractivity contribution is -0.118. The van der Waals surface area contributed by atoms with E-state index in [-0.39, 0.29) is 30.4 Å². The van der Waals surface area contributed by atoms with E-state index in [1.54, 1.807) is 12.1 Å². The molecule has 35 heavy (non-hydrogen) atoms. The maximum absolute atomic E-state index is 13.9. The number of hydrogen-bond donors (Lipinski definition) is 1. The van der Waals surface area contributed by atoms with Crippen LogP contribution >= 0.6 is 0 Å². The third-order valence-electron chi connectivity index (χ3n) is 6.20. The van der Waals surface area contributed by atoms with E-state index in [9.17, 15) is 9.59 Å². The van der Waals surface area contributed by atoms with Gasteiger partial charge in [0.15, 0.2) is 18.1 Å². The number of ketones is 1. The Labute approximate surface area is 206 Å². The predicted molar refractivity (Wildman–Crippen MR) is 137 cm³/mol. The Bertz CT molecular complexity index is 1160. The summed E-state index contributed by atoms with van der Waals surface area (Å²) in [6.07, 6.45) is 0.650. The molecule has 3 aromatic rings. The van der Waals surface area contributed by atoms with Crippen molar-refractivity contribution in [1.82, 2.24) is 4.90 Å². The molecule has 1 atom stereocenters. The summed E-state index contributed by atoms with van der Waals surface area (Å²) in [7, 11) is 0. The summed E-state index contributed by atoms with van der Waals surface area (Å²) in [5.41, 5.74) is 3.03. The summed E-state index contributed by atoms with van der Waals surface area (Å²) >= 11 is 0. The second kappa shape index (κ2) is 11.2. The molecule has 1 N–H and O–H groups in total. The third-order valence-corrected chi connectivity index (χ3v) is 6.20. The molecule has 0 aliphatic carbocycles. The molecule has 0 radical (unpaired) electrons. The number of Topliss-reactive ketones (excluding diaryl/α,β-unsaturated/α-hetero) is 1. The first-order valence-electron chi connectivity index (χ1n) is 12.1. The Morgan fingerprint density at radius 3 is 2.29 bits per heavy atom. The van der Waals surface area contributed by atoms with Gasteiger partial charge in [0.25, 0.3) is 5.91 Å². The number of amides is 1. The first-order valence-corrected chi connectivity index (χ1v) is 12.1. The van der Waals surface area contributed by atoms with Crippen molar-refractivity contribution in [2.24, 2.45) is 0 Å². The van der Waals surface area contributed by atoms with Gasteiger partial charge in [0.05, 0.1) is 11.6 Å². The molecule has 0 saturated heterocycles. The van der Waals surface area contributed by atoms with Crippen LogP contribution in [0.15, 0.2) is 72.8 Å². The molecule has 4 rings (SSSR count). The highest BCUT2D eigenvalue weighted by Crippen LogP contribution is 2.41. The minimum absolute atomic E-state index is 0.0286. The van der Waals surface area contributed by atoms with Crippen LogP contribution in [0.2, 0.25) is 0 Å². The Kier molecular flexibility index (Phi) is 7.83. The van der Waals surface area contributed by atoms with Gasteiger partial charge in [0.1, 0.15) is 18.0 Å². The zero-order chi connectivity index (χ0) is 24.8. The van der Waals surface area contributed by atoms with Gasteiger partial charge in [-0.1, -0.05) is 67.6 Å². The van der Waals surface area contributed by atoms with Gasteiger partial charge in [0, 0.05) is 12.6 Å². The minimum Gasteiger partial charge on any atom is -0.487 e. The average molecular weight is 473 g/mol. The predicted octanol–water partition coefficient (Wildman–Crippen LogP) is 5.47. The molecule has 0 fully saturated rings. The number of hydrogen-bond acceptors (Lipinski definition) is 5. The Hall–Kier alpha value is -3.64. The second-order valence-corrected chi connectivity index (χ2v) is 8.97. The van der Waals surface area contributed by atoms with Crippen LogP contribution in [-0.2, 0) is 17.9 Å². The zero-order valence-electron chi connectivity index (χ0n) is 20.5. The number of fused-ring (bicyclic) bond motifs is 1. The van der Waals surface area contributed by atoms with Crippen LogP contribution in [0.4, 0.5) is 5.69 Å². The van der Waals surface area contributed by atoms with Gasteiger partial charge in [-0.05, 0) is 43.5 Å². The Morgan fingerprint density at radius 2 is 1.66 bits per heavy atom. The van der Waals surface area contributed by atoms with Crippen molar-refractivity contribution in [3.05, 3.63) is 89.5 Å². The molecular weight excluding hydrogens is 440 g/mol. The maximum atomic E-state index is 13.9. The smallest absolute Gasteiger partial charge is 0.262 e. The highest BCUT2D eigenvalue weighted by Gasteiger charge is 2.33. The molecule has 3 aromatic carbocycles. The normalized spacial score (nSPS) is 13.7. The van der Waals surface area contributed by atoms with Crippen LogP contribution in [0.25, 0.3) is 0 Å². The van der Waals surface area contributed by atoms with E-state index in [4.69, 9.17) is 9.47 Å². The first-order chi connectivity index (χ1) is 17.0. The van der Waals surface area contributed by atoms with E-state index in [0.29, 0.717) is 42.3 Å². The van der Waals surface area contributed by atoms with Crippen LogP contribution in [0.5, 0.6) is 11.5 Å². The number of nitrogens with one attached hydrogen (secondary N) is 1. The number of nitrogens with zero attached hydrogens (tertiary/aromatic N) is 1. The topological polar surface area (TPSA) is 67.9 Å². The van der Waals surface area contributed by atoms with Crippen molar-refractivity contribution in [3.8, 4) is 11.5 Å². The summed E-state index contributed by atoms with van der Waals surface area (Å²) < 4.78 is 11.8. The van der Waals surface area contributed by atoms with Crippen molar-refractivity contribution in [1.29, 1.82) is 0 Å². The average Bonchev–Trinajstić information content (AvgIpc) is 2.88. The van der Waals surface area contributed by atoms with Gasteiger partial charge in [-0.2, -0.15) is 0 Å². The van der Waals surface area contributed by atoms with E-state index in [2.05, 4.69) is 36.2 Å². The quantitative estimate of drug-likeness (QED) is 0.397. The molecule has 0 spiro atoms. The highest BCUT2D eigenvalue weighted by molar-refractivity contribution is 6.07. The van der Waals surface area contributed by atoms with Gasteiger partial charge < -0.3 is 14.8 Å². The van der Waals surface area contributed by atoms with Crippen LogP contribution in [0.3, 0.4) is 0 Å². The maximum Gasteiger partial charge on any atom is 0.262 e. The molecule has 0 aromatic heterocycles.